The molecule has 10 heteroatoms. The first-order valence-electron chi connectivity index (χ1n) is 14.4. The monoisotopic (exact) mass is 594 g/mol. The van der Waals surface area contributed by atoms with Crippen LogP contribution in [0.3, 0.4) is 0 Å². The predicted molar refractivity (Wildman–Crippen MR) is 151 cm³/mol. The zero-order valence-corrected chi connectivity index (χ0v) is 25.6. The van der Waals surface area contributed by atoms with Gasteiger partial charge in [-0.2, -0.15) is 0 Å². The van der Waals surface area contributed by atoms with Crippen LogP contribution in [0, 0.1) is 16.7 Å². The van der Waals surface area contributed by atoms with Crippen LogP contribution in [0.2, 0.25) is 0 Å². The van der Waals surface area contributed by atoms with Crippen molar-refractivity contribution in [1.82, 2.24) is 0 Å². The number of rotatable bonds is 5. The molecule has 2 saturated carbocycles. The number of ketones is 1. The molecule has 4 aliphatic rings. The number of Topliss-reactive ketones (excluding diaryl/α,β-unsaturated/α-hetero) is 1. The number of ether oxygens (including phenoxy) is 5. The summed E-state index contributed by atoms with van der Waals surface area (Å²) in [4.78, 5) is 65.5. The predicted octanol–water partition coefficient (Wildman–Crippen LogP) is 4.06. The summed E-state index contributed by atoms with van der Waals surface area (Å²) in [5.41, 5.74) is -1.79. The van der Waals surface area contributed by atoms with E-state index in [-0.39, 0.29) is 23.3 Å². The molecule has 0 N–H and O–H groups in total. The summed E-state index contributed by atoms with van der Waals surface area (Å²) in [6.45, 7) is 15.2. The molecule has 10 nitrogen and oxygen atoms in total. The third kappa shape index (κ3) is 4.53. The van der Waals surface area contributed by atoms with Crippen molar-refractivity contribution >= 4 is 29.7 Å². The Morgan fingerprint density at radius 2 is 1.47 bits per heavy atom. The molecule has 1 heterocycles. The van der Waals surface area contributed by atoms with E-state index in [2.05, 4.69) is 6.58 Å². The fourth-order valence-corrected chi connectivity index (χ4v) is 8.19. The van der Waals surface area contributed by atoms with Crippen LogP contribution >= 0.6 is 0 Å². The number of carbonyl (C=O) groups excluding carboxylic acids is 5. The first-order chi connectivity index (χ1) is 20.1. The Balaban J connectivity index is 1.86. The highest BCUT2D eigenvalue weighted by molar-refractivity contribution is 5.97. The number of carbonyl (C=O) groups is 5. The maximum Gasteiger partial charge on any atom is 0.338 e. The molecule has 1 spiro atoms. The second kappa shape index (κ2) is 10.4. The fourth-order valence-electron chi connectivity index (χ4n) is 8.19. The molecular weight excluding hydrogens is 556 g/mol. The minimum atomic E-state index is -1.44. The quantitative estimate of drug-likeness (QED) is 0.213. The summed E-state index contributed by atoms with van der Waals surface area (Å²) < 4.78 is 31.0. The lowest BCUT2D eigenvalue weighted by atomic mass is 9.55. The molecule has 8 atom stereocenters. The highest BCUT2D eigenvalue weighted by Gasteiger charge is 2.76. The van der Waals surface area contributed by atoms with Crippen molar-refractivity contribution in [3.63, 3.8) is 0 Å². The Morgan fingerprint density at radius 3 is 2.05 bits per heavy atom. The zero-order chi connectivity index (χ0) is 31.6. The van der Waals surface area contributed by atoms with Crippen molar-refractivity contribution in [3.8, 4) is 0 Å². The SMILES string of the molecule is C=C1C(=O)C[C@H](OC(C)=O)[C@@]2(C)[C@@H](OC(C)=O)C(OC(=O)c3ccccc3)C3=C(C)[C@H]4C[C@@]3([C@@H](OC(C)=O)[C@H]12)C(C)(C)O4. The summed E-state index contributed by atoms with van der Waals surface area (Å²) in [5, 5.41) is 0. The number of benzene rings is 1. The average Bonchev–Trinajstić information content (AvgIpc) is 3.34. The summed E-state index contributed by atoms with van der Waals surface area (Å²) in [6, 6.07) is 8.40. The van der Waals surface area contributed by atoms with E-state index in [4.69, 9.17) is 23.7 Å². The molecule has 1 unspecified atom stereocenters. The van der Waals surface area contributed by atoms with Crippen LogP contribution in [-0.4, -0.2) is 65.8 Å². The molecule has 0 radical (unpaired) electrons. The fraction of sp³-hybridized carbons (Fsp3) is 0.545. The number of hydrogen-bond donors (Lipinski definition) is 0. The van der Waals surface area contributed by atoms with E-state index < -0.39 is 76.7 Å². The Labute approximate surface area is 250 Å². The summed E-state index contributed by atoms with van der Waals surface area (Å²) in [5.74, 6) is -3.99. The standard InChI is InChI=1S/C33H38O10/c1-16-22(37)14-24(39-18(3)34)32(8)26(16)28(40-19(4)35)33-15-23(43-31(33,6)7)17(2)25(33)27(29(32)41-20(5)36)42-30(38)21-12-10-9-11-13-21/h9-13,23-24,26-29H,1,14-15H2,2-8H3/t23-,24+,26+,27?,28+,29+,32-,33-/m1/s1. The lowest BCUT2D eigenvalue weighted by molar-refractivity contribution is -0.203. The van der Waals surface area contributed by atoms with Crippen molar-refractivity contribution in [2.24, 2.45) is 16.7 Å². The van der Waals surface area contributed by atoms with E-state index in [1.807, 2.05) is 20.8 Å². The Hall–Kier alpha value is -3.79. The van der Waals surface area contributed by atoms with Gasteiger partial charge in [0.2, 0.25) is 0 Å². The van der Waals surface area contributed by atoms with Gasteiger partial charge in [-0.25, -0.2) is 4.79 Å². The molecule has 1 aromatic carbocycles. The van der Waals surface area contributed by atoms with E-state index in [0.717, 1.165) is 5.57 Å². The molecule has 1 saturated heterocycles. The van der Waals surface area contributed by atoms with Crippen molar-refractivity contribution in [1.29, 1.82) is 0 Å². The molecule has 2 bridgehead atoms. The van der Waals surface area contributed by atoms with Gasteiger partial charge in [-0.3, -0.25) is 19.2 Å². The third-order valence-electron chi connectivity index (χ3n) is 9.97. The number of hydrogen-bond acceptors (Lipinski definition) is 10. The van der Waals surface area contributed by atoms with Gasteiger partial charge in [0, 0.05) is 33.1 Å². The largest absolute Gasteiger partial charge is 0.461 e. The highest BCUT2D eigenvalue weighted by Crippen LogP contribution is 2.69. The third-order valence-corrected chi connectivity index (χ3v) is 9.97. The Kier molecular flexibility index (Phi) is 7.44. The van der Waals surface area contributed by atoms with Gasteiger partial charge >= 0.3 is 23.9 Å². The van der Waals surface area contributed by atoms with Crippen molar-refractivity contribution in [2.45, 2.75) is 97.4 Å². The molecule has 1 aromatic rings. The van der Waals surface area contributed by atoms with Gasteiger partial charge in [-0.1, -0.05) is 31.7 Å². The van der Waals surface area contributed by atoms with Crippen LogP contribution in [0.4, 0.5) is 0 Å². The van der Waals surface area contributed by atoms with E-state index >= 15 is 0 Å². The van der Waals surface area contributed by atoms with Gasteiger partial charge in [0.05, 0.1) is 28.1 Å². The molecule has 3 fully saturated rings. The number of esters is 4. The van der Waals surface area contributed by atoms with Gasteiger partial charge in [0.15, 0.2) is 18.0 Å². The lowest BCUT2D eigenvalue weighted by Crippen LogP contribution is -2.62. The second-order valence-corrected chi connectivity index (χ2v) is 12.7. The van der Waals surface area contributed by atoms with Gasteiger partial charge in [0.1, 0.15) is 12.2 Å². The molecule has 0 aromatic heterocycles. The highest BCUT2D eigenvalue weighted by atomic mass is 16.6. The van der Waals surface area contributed by atoms with Gasteiger partial charge in [0.25, 0.3) is 0 Å². The van der Waals surface area contributed by atoms with Crippen LogP contribution in [-0.2, 0) is 42.9 Å². The normalized spacial score (nSPS) is 35.8. The molecule has 43 heavy (non-hydrogen) atoms. The molecular formula is C33H38O10. The molecule has 230 valence electrons. The summed E-state index contributed by atoms with van der Waals surface area (Å²) in [7, 11) is 0. The van der Waals surface area contributed by atoms with E-state index in [1.165, 1.54) is 20.8 Å². The van der Waals surface area contributed by atoms with Crippen LogP contribution in [0.5, 0.6) is 0 Å². The molecule has 5 rings (SSSR count). The van der Waals surface area contributed by atoms with Gasteiger partial charge in [-0.05, 0) is 56.0 Å². The topological polar surface area (TPSA) is 132 Å². The van der Waals surface area contributed by atoms with Crippen molar-refractivity contribution in [2.75, 3.05) is 0 Å². The zero-order valence-electron chi connectivity index (χ0n) is 25.6. The Morgan fingerprint density at radius 1 is 0.884 bits per heavy atom. The number of fused-ring (bicyclic) bond motifs is 2. The van der Waals surface area contributed by atoms with Crippen LogP contribution < -0.4 is 0 Å². The second-order valence-electron chi connectivity index (χ2n) is 12.7. The van der Waals surface area contributed by atoms with E-state index in [0.29, 0.717) is 12.0 Å². The lowest BCUT2D eigenvalue weighted by Gasteiger charge is -2.53. The van der Waals surface area contributed by atoms with Crippen molar-refractivity contribution in [3.05, 3.63) is 59.2 Å². The molecule has 0 amide bonds. The van der Waals surface area contributed by atoms with Crippen molar-refractivity contribution < 1.29 is 47.7 Å². The summed E-state index contributed by atoms with van der Waals surface area (Å²) >= 11 is 0. The minimum Gasteiger partial charge on any atom is -0.461 e. The molecule has 3 aliphatic carbocycles. The van der Waals surface area contributed by atoms with Crippen LogP contribution in [0.15, 0.2) is 53.6 Å². The maximum absolute atomic E-state index is 13.8. The van der Waals surface area contributed by atoms with Gasteiger partial charge in [-0.15, -0.1) is 0 Å². The smallest absolute Gasteiger partial charge is 0.338 e. The van der Waals surface area contributed by atoms with Crippen LogP contribution in [0.25, 0.3) is 0 Å². The van der Waals surface area contributed by atoms with Gasteiger partial charge < -0.3 is 23.7 Å². The molecule has 1 aliphatic heterocycles. The first-order valence-corrected chi connectivity index (χ1v) is 14.4. The summed E-state index contributed by atoms with van der Waals surface area (Å²) in [6.07, 6.45) is -4.99. The first kappa shape index (κ1) is 30.7. The van der Waals surface area contributed by atoms with Crippen LogP contribution in [0.1, 0.15) is 71.7 Å². The maximum atomic E-state index is 13.8. The average molecular weight is 595 g/mol. The van der Waals surface area contributed by atoms with E-state index in [1.54, 1.807) is 37.3 Å². The minimum absolute atomic E-state index is 0.141. The Bertz CT molecular complexity index is 1440. The van der Waals surface area contributed by atoms with E-state index in [9.17, 15) is 24.0 Å².